The second-order valence-electron chi connectivity index (χ2n) is 4.64. The summed E-state index contributed by atoms with van der Waals surface area (Å²) in [5, 5.41) is 0. The van der Waals surface area contributed by atoms with Gasteiger partial charge in [0.1, 0.15) is 0 Å². The molecule has 2 atom stereocenters. The fourth-order valence-corrected chi connectivity index (χ4v) is 9.28. The van der Waals surface area contributed by atoms with E-state index in [2.05, 4.69) is 13.8 Å². The summed E-state index contributed by atoms with van der Waals surface area (Å²) in [5.74, 6) is 0.847. The molecule has 1 rings (SSSR count). The normalized spacial score (nSPS) is 25.7. The van der Waals surface area contributed by atoms with Gasteiger partial charge in [-0.3, -0.25) is 0 Å². The van der Waals surface area contributed by atoms with Gasteiger partial charge in [-0.05, 0) is 0 Å². The number of hydrogen-bond donors (Lipinski definition) is 0. The zero-order chi connectivity index (χ0) is 11.6. The van der Waals surface area contributed by atoms with E-state index in [-0.39, 0.29) is 15.6 Å². The topological polar surface area (TPSA) is 34.1 Å². The van der Waals surface area contributed by atoms with Crippen LogP contribution >= 0.6 is 19.8 Å². The van der Waals surface area contributed by atoms with Crippen LogP contribution in [0.3, 0.4) is 0 Å². The van der Waals surface area contributed by atoms with Gasteiger partial charge in [0.2, 0.25) is 0 Å². The molecule has 0 amide bonds. The molecule has 1 aliphatic rings. The van der Waals surface area contributed by atoms with Gasteiger partial charge in [-0.15, -0.1) is 0 Å². The third kappa shape index (κ3) is 3.02. The molecule has 0 aliphatic carbocycles. The third-order valence-electron chi connectivity index (χ3n) is 3.15. The van der Waals surface area contributed by atoms with Gasteiger partial charge in [-0.2, -0.15) is 0 Å². The molecule has 1 fully saturated rings. The van der Waals surface area contributed by atoms with E-state index in [9.17, 15) is 9.59 Å². The summed E-state index contributed by atoms with van der Waals surface area (Å²) in [6.45, 7) is 7.88. The number of ketones is 1. The van der Waals surface area contributed by atoms with Crippen molar-refractivity contribution in [3.05, 3.63) is 0 Å². The minimum atomic E-state index is -1.64. The van der Waals surface area contributed by atoms with Crippen LogP contribution in [0.5, 0.6) is 0 Å². The van der Waals surface area contributed by atoms with Crippen LogP contribution in [0.1, 0.15) is 40.5 Å². The predicted molar refractivity (Wildman–Crippen MR) is 71.6 cm³/mol. The SMILES string of the molecule is CC(=O)[C@@H]1CCCI1C(=O)C(C)C(C)C. The first-order chi connectivity index (χ1) is 6.95. The standard InChI is InChI=1S/C12H21IO2/c1-8(2)9(3)12(15)13-7-5-6-11(13)10(4)14/h8-9,11H,5-7H2,1-4H3/t9?,11-/m0/s1. The number of carbonyl (C=O) groups is 2. The van der Waals surface area contributed by atoms with E-state index in [1.807, 2.05) is 6.92 Å². The fraction of sp³-hybridized carbons (Fsp3) is 0.833. The van der Waals surface area contributed by atoms with E-state index in [1.54, 1.807) is 6.92 Å². The summed E-state index contributed by atoms with van der Waals surface area (Å²) in [7, 11) is 0. The van der Waals surface area contributed by atoms with E-state index >= 15 is 0 Å². The Hall–Kier alpha value is 0.0700. The molecule has 15 heavy (non-hydrogen) atoms. The molecule has 0 radical (unpaired) electrons. The van der Waals surface area contributed by atoms with E-state index in [1.165, 1.54) is 0 Å². The fourth-order valence-electron chi connectivity index (χ4n) is 1.76. The molecule has 1 saturated heterocycles. The number of rotatable bonds is 4. The zero-order valence-electron chi connectivity index (χ0n) is 10.0. The van der Waals surface area contributed by atoms with Crippen LogP contribution in [0.25, 0.3) is 0 Å². The average Bonchev–Trinajstić information content (AvgIpc) is 2.63. The molecule has 3 heteroatoms. The molecule has 0 aromatic heterocycles. The summed E-state index contributed by atoms with van der Waals surface area (Å²) < 4.78 is 1.71. The Bertz CT molecular complexity index is 260. The van der Waals surface area contributed by atoms with Gasteiger partial charge in [0.25, 0.3) is 0 Å². The first-order valence-corrected chi connectivity index (χ1v) is 9.48. The van der Waals surface area contributed by atoms with Crippen LogP contribution in [0.4, 0.5) is 0 Å². The second-order valence-corrected chi connectivity index (χ2v) is 10.6. The van der Waals surface area contributed by atoms with Gasteiger partial charge in [0.05, 0.1) is 0 Å². The van der Waals surface area contributed by atoms with Crippen molar-refractivity contribution in [2.75, 3.05) is 4.43 Å². The molecule has 88 valence electrons. The Labute approximate surface area is 99.6 Å². The molecular formula is C12H21IO2. The van der Waals surface area contributed by atoms with Gasteiger partial charge in [-0.25, -0.2) is 0 Å². The second kappa shape index (κ2) is 5.41. The van der Waals surface area contributed by atoms with E-state index in [0.717, 1.165) is 17.3 Å². The molecule has 1 aliphatic heterocycles. The van der Waals surface area contributed by atoms with Crippen molar-refractivity contribution >= 4 is 29.4 Å². The molecule has 0 aromatic rings. The molecule has 2 nitrogen and oxygen atoms in total. The number of halogens is 1. The number of carbonyl (C=O) groups excluding carboxylic acids is 2. The van der Waals surface area contributed by atoms with Gasteiger partial charge in [-0.1, -0.05) is 0 Å². The summed E-state index contributed by atoms with van der Waals surface area (Å²) in [5.41, 5.74) is 0. The van der Waals surface area contributed by atoms with Crippen LogP contribution in [-0.4, -0.2) is 17.9 Å². The van der Waals surface area contributed by atoms with Crippen molar-refractivity contribution in [3.8, 4) is 0 Å². The van der Waals surface area contributed by atoms with Gasteiger partial charge >= 0.3 is 99.7 Å². The predicted octanol–water partition coefficient (Wildman–Crippen LogP) is 3.06. The summed E-state index contributed by atoms with van der Waals surface area (Å²) >= 11 is -1.64. The Morgan fingerprint density at radius 1 is 1.27 bits per heavy atom. The van der Waals surface area contributed by atoms with Crippen LogP contribution in [0.2, 0.25) is 0 Å². The molecule has 0 bridgehead atoms. The molecule has 1 unspecified atom stereocenters. The maximum atomic E-state index is 12.2. The molecule has 1 heterocycles. The number of hydrogen-bond acceptors (Lipinski definition) is 2. The Balaban J connectivity index is 2.70. The van der Waals surface area contributed by atoms with Crippen molar-refractivity contribution in [2.24, 2.45) is 11.8 Å². The van der Waals surface area contributed by atoms with Crippen molar-refractivity contribution < 1.29 is 9.59 Å². The average molecular weight is 324 g/mol. The van der Waals surface area contributed by atoms with Gasteiger partial charge in [0, 0.05) is 0 Å². The van der Waals surface area contributed by atoms with Crippen molar-refractivity contribution in [1.82, 2.24) is 0 Å². The minimum absolute atomic E-state index is 0.162. The maximum absolute atomic E-state index is 12.2. The van der Waals surface area contributed by atoms with E-state index < -0.39 is 19.8 Å². The number of Topliss-reactive ketones (excluding diaryl/α,β-unsaturated/α-hetero) is 1. The molecule has 0 N–H and O–H groups in total. The van der Waals surface area contributed by atoms with Crippen LogP contribution in [-0.2, 0) is 9.59 Å². The first kappa shape index (κ1) is 13.1. The van der Waals surface area contributed by atoms with Gasteiger partial charge < -0.3 is 0 Å². The Kier molecular flexibility index (Phi) is 4.74. The van der Waals surface area contributed by atoms with Crippen LogP contribution in [0.15, 0.2) is 0 Å². The van der Waals surface area contributed by atoms with Crippen molar-refractivity contribution in [2.45, 2.75) is 44.5 Å². The Morgan fingerprint density at radius 3 is 2.33 bits per heavy atom. The quantitative estimate of drug-likeness (QED) is 0.452. The van der Waals surface area contributed by atoms with E-state index in [0.29, 0.717) is 9.71 Å². The van der Waals surface area contributed by atoms with E-state index in [4.69, 9.17) is 0 Å². The zero-order valence-corrected chi connectivity index (χ0v) is 12.2. The summed E-state index contributed by atoms with van der Waals surface area (Å²) in [4.78, 5) is 23.7. The first-order valence-electron chi connectivity index (χ1n) is 5.63. The number of alkyl halides is 2. The summed E-state index contributed by atoms with van der Waals surface area (Å²) in [6, 6.07) is 0. The monoisotopic (exact) mass is 324 g/mol. The van der Waals surface area contributed by atoms with Crippen LogP contribution < -0.4 is 0 Å². The molecular weight excluding hydrogens is 303 g/mol. The van der Waals surface area contributed by atoms with Gasteiger partial charge in [0.15, 0.2) is 0 Å². The molecule has 0 spiro atoms. The van der Waals surface area contributed by atoms with Crippen LogP contribution in [0, 0.1) is 11.8 Å². The Morgan fingerprint density at radius 2 is 1.87 bits per heavy atom. The van der Waals surface area contributed by atoms with Crippen molar-refractivity contribution in [1.29, 1.82) is 0 Å². The molecule has 0 saturated carbocycles. The van der Waals surface area contributed by atoms with Crippen molar-refractivity contribution in [3.63, 3.8) is 0 Å². The molecule has 0 aromatic carbocycles. The summed E-state index contributed by atoms with van der Waals surface area (Å²) in [6.07, 6.45) is 2.09. The third-order valence-corrected chi connectivity index (χ3v) is 10.7.